The van der Waals surface area contributed by atoms with Gasteiger partial charge in [0.1, 0.15) is 5.82 Å². The quantitative estimate of drug-likeness (QED) is 0.493. The van der Waals surface area contributed by atoms with Crippen LogP contribution in [0.5, 0.6) is 0 Å². The van der Waals surface area contributed by atoms with Crippen molar-refractivity contribution in [3.05, 3.63) is 71.7 Å². The summed E-state index contributed by atoms with van der Waals surface area (Å²) in [6.07, 6.45) is 0.444. The second-order valence-electron chi connectivity index (χ2n) is 5.84. The normalized spacial score (nSPS) is 13.4. The lowest BCUT2D eigenvalue weighted by Crippen LogP contribution is -2.40. The molecule has 3 rings (SSSR count). The van der Waals surface area contributed by atoms with E-state index in [1.165, 1.54) is 24.4 Å². The lowest BCUT2D eigenvalue weighted by atomic mass is 10.0. The second-order valence-corrected chi connectivity index (χ2v) is 5.84. The SMILES string of the molecule is CC(NC(=O)C(=O)c1c[nH]c2cc(F)ccc12)C(O)c1ccccc1. The average molecular weight is 340 g/mol. The van der Waals surface area contributed by atoms with Crippen LogP contribution in [-0.2, 0) is 4.79 Å². The van der Waals surface area contributed by atoms with Crippen LogP contribution in [0.3, 0.4) is 0 Å². The first-order valence-electron chi connectivity index (χ1n) is 7.82. The number of rotatable bonds is 5. The molecule has 0 aliphatic carbocycles. The number of Topliss-reactive ketones (excluding diaryl/α,β-unsaturated/α-hetero) is 1. The summed E-state index contributed by atoms with van der Waals surface area (Å²) in [5.41, 5.74) is 1.24. The van der Waals surface area contributed by atoms with Gasteiger partial charge in [0, 0.05) is 17.1 Å². The van der Waals surface area contributed by atoms with Crippen LogP contribution in [0.25, 0.3) is 10.9 Å². The Bertz CT molecular complexity index is 921. The van der Waals surface area contributed by atoms with E-state index >= 15 is 0 Å². The summed E-state index contributed by atoms with van der Waals surface area (Å²) in [5, 5.41) is 13.3. The molecular formula is C19H17FN2O3. The summed E-state index contributed by atoms with van der Waals surface area (Å²) in [7, 11) is 0. The molecule has 0 spiro atoms. The maximum atomic E-state index is 13.2. The molecule has 0 bridgehead atoms. The van der Waals surface area contributed by atoms with Gasteiger partial charge in [-0.3, -0.25) is 9.59 Å². The molecule has 25 heavy (non-hydrogen) atoms. The third-order valence-electron chi connectivity index (χ3n) is 4.07. The van der Waals surface area contributed by atoms with Crippen molar-refractivity contribution in [1.82, 2.24) is 10.3 Å². The predicted molar refractivity (Wildman–Crippen MR) is 91.6 cm³/mol. The van der Waals surface area contributed by atoms with Gasteiger partial charge in [0.2, 0.25) is 0 Å². The first kappa shape index (κ1) is 16.9. The molecule has 0 saturated carbocycles. The maximum absolute atomic E-state index is 13.2. The number of H-pyrrole nitrogens is 1. The Morgan fingerprint density at radius 1 is 1.16 bits per heavy atom. The third-order valence-corrected chi connectivity index (χ3v) is 4.07. The summed E-state index contributed by atoms with van der Waals surface area (Å²) in [5.74, 6) is -2.00. The van der Waals surface area contributed by atoms with E-state index < -0.39 is 29.7 Å². The molecule has 0 aliphatic heterocycles. The minimum atomic E-state index is -0.935. The molecule has 1 aromatic heterocycles. The molecule has 0 aliphatic rings. The minimum absolute atomic E-state index is 0.161. The number of aromatic nitrogens is 1. The predicted octanol–water partition coefficient (Wildman–Crippen LogP) is 2.73. The molecule has 2 aromatic carbocycles. The highest BCUT2D eigenvalue weighted by atomic mass is 19.1. The fourth-order valence-electron chi connectivity index (χ4n) is 2.70. The molecule has 5 nitrogen and oxygen atoms in total. The van der Waals surface area contributed by atoms with E-state index in [4.69, 9.17) is 0 Å². The van der Waals surface area contributed by atoms with Crippen molar-refractivity contribution in [2.75, 3.05) is 0 Å². The summed E-state index contributed by atoms with van der Waals surface area (Å²) in [6, 6.07) is 12.1. The molecule has 1 heterocycles. The fourth-order valence-corrected chi connectivity index (χ4v) is 2.70. The van der Waals surface area contributed by atoms with Gasteiger partial charge in [0.15, 0.2) is 0 Å². The van der Waals surface area contributed by atoms with Crippen LogP contribution in [0.1, 0.15) is 28.9 Å². The van der Waals surface area contributed by atoms with E-state index in [9.17, 15) is 19.1 Å². The first-order chi connectivity index (χ1) is 12.0. The molecule has 128 valence electrons. The number of aromatic amines is 1. The molecule has 0 radical (unpaired) electrons. The number of ketones is 1. The van der Waals surface area contributed by atoms with Crippen molar-refractivity contribution < 1.29 is 19.1 Å². The number of aliphatic hydroxyl groups is 1. The minimum Gasteiger partial charge on any atom is -0.386 e. The molecule has 3 aromatic rings. The molecule has 3 N–H and O–H groups in total. The number of fused-ring (bicyclic) bond motifs is 1. The Morgan fingerprint density at radius 2 is 1.88 bits per heavy atom. The molecule has 0 fully saturated rings. The Kier molecular flexibility index (Phi) is 4.63. The molecule has 1 amide bonds. The van der Waals surface area contributed by atoms with Crippen molar-refractivity contribution in [3.8, 4) is 0 Å². The van der Waals surface area contributed by atoms with Gasteiger partial charge in [-0.25, -0.2) is 4.39 Å². The standard InChI is InChI=1S/C19H17FN2O3/c1-11(17(23)12-5-3-2-4-6-12)22-19(25)18(24)15-10-21-16-9-13(20)7-8-14(15)16/h2-11,17,21,23H,1H3,(H,22,25). The van der Waals surface area contributed by atoms with Crippen molar-refractivity contribution in [2.24, 2.45) is 0 Å². The molecule has 6 heteroatoms. The summed E-state index contributed by atoms with van der Waals surface area (Å²) >= 11 is 0. The van der Waals surface area contributed by atoms with E-state index in [0.717, 1.165) is 0 Å². The van der Waals surface area contributed by atoms with Crippen molar-refractivity contribution >= 4 is 22.6 Å². The summed E-state index contributed by atoms with van der Waals surface area (Å²) in [4.78, 5) is 27.4. The van der Waals surface area contributed by atoms with Gasteiger partial charge in [-0.2, -0.15) is 0 Å². The highest BCUT2D eigenvalue weighted by Crippen LogP contribution is 2.20. The Morgan fingerprint density at radius 3 is 2.60 bits per heavy atom. The number of benzene rings is 2. The number of nitrogens with one attached hydrogen (secondary N) is 2. The van der Waals surface area contributed by atoms with Gasteiger partial charge < -0.3 is 15.4 Å². The average Bonchev–Trinajstić information content (AvgIpc) is 3.03. The number of halogens is 1. The molecular weight excluding hydrogens is 323 g/mol. The fraction of sp³-hybridized carbons (Fsp3) is 0.158. The van der Waals surface area contributed by atoms with E-state index in [1.54, 1.807) is 31.2 Å². The molecule has 2 unspecified atom stereocenters. The molecule has 0 saturated heterocycles. The van der Waals surface area contributed by atoms with Crippen LogP contribution in [0, 0.1) is 5.82 Å². The highest BCUT2D eigenvalue weighted by molar-refractivity contribution is 6.45. The smallest absolute Gasteiger partial charge is 0.292 e. The second kappa shape index (κ2) is 6.86. The van der Waals surface area contributed by atoms with E-state index in [2.05, 4.69) is 10.3 Å². The Hall–Kier alpha value is -2.99. The van der Waals surface area contributed by atoms with Crippen LogP contribution in [0.15, 0.2) is 54.7 Å². The van der Waals surface area contributed by atoms with Gasteiger partial charge in [-0.15, -0.1) is 0 Å². The number of hydrogen-bond acceptors (Lipinski definition) is 3. The monoisotopic (exact) mass is 340 g/mol. The van der Waals surface area contributed by atoms with Crippen LogP contribution >= 0.6 is 0 Å². The van der Waals surface area contributed by atoms with E-state index in [0.29, 0.717) is 16.5 Å². The van der Waals surface area contributed by atoms with E-state index in [-0.39, 0.29) is 5.56 Å². The largest absolute Gasteiger partial charge is 0.386 e. The zero-order chi connectivity index (χ0) is 18.0. The maximum Gasteiger partial charge on any atom is 0.292 e. The topological polar surface area (TPSA) is 82.2 Å². The zero-order valence-corrected chi connectivity index (χ0v) is 13.5. The third kappa shape index (κ3) is 3.44. The Balaban J connectivity index is 1.75. The van der Waals surface area contributed by atoms with Gasteiger partial charge >= 0.3 is 0 Å². The molecule has 2 atom stereocenters. The van der Waals surface area contributed by atoms with Crippen LogP contribution < -0.4 is 5.32 Å². The van der Waals surface area contributed by atoms with Gasteiger partial charge in [-0.1, -0.05) is 30.3 Å². The van der Waals surface area contributed by atoms with Crippen LogP contribution in [0.2, 0.25) is 0 Å². The van der Waals surface area contributed by atoms with Crippen molar-refractivity contribution in [2.45, 2.75) is 19.1 Å². The van der Waals surface area contributed by atoms with E-state index in [1.807, 2.05) is 6.07 Å². The lowest BCUT2D eigenvalue weighted by molar-refractivity contribution is -0.118. The van der Waals surface area contributed by atoms with Crippen molar-refractivity contribution in [1.29, 1.82) is 0 Å². The number of hydrogen-bond donors (Lipinski definition) is 3. The first-order valence-corrected chi connectivity index (χ1v) is 7.82. The number of carbonyl (C=O) groups is 2. The van der Waals surface area contributed by atoms with Crippen molar-refractivity contribution in [3.63, 3.8) is 0 Å². The number of carbonyl (C=O) groups excluding carboxylic acids is 2. The van der Waals surface area contributed by atoms with Gasteiger partial charge in [0.05, 0.1) is 17.7 Å². The zero-order valence-electron chi connectivity index (χ0n) is 13.5. The Labute approximate surface area is 143 Å². The number of aliphatic hydroxyl groups excluding tert-OH is 1. The number of amides is 1. The van der Waals surface area contributed by atoms with Gasteiger partial charge in [0.25, 0.3) is 11.7 Å². The van der Waals surface area contributed by atoms with Crippen LogP contribution in [0.4, 0.5) is 4.39 Å². The van der Waals surface area contributed by atoms with Crippen LogP contribution in [-0.4, -0.2) is 27.8 Å². The highest BCUT2D eigenvalue weighted by Gasteiger charge is 2.24. The van der Waals surface area contributed by atoms with Gasteiger partial charge in [-0.05, 0) is 30.7 Å². The lowest BCUT2D eigenvalue weighted by Gasteiger charge is -2.20. The summed E-state index contributed by atoms with van der Waals surface area (Å²) < 4.78 is 13.2. The summed E-state index contributed by atoms with van der Waals surface area (Å²) in [6.45, 7) is 1.62.